The second-order valence-corrected chi connectivity index (χ2v) is 8.81. The van der Waals surface area contributed by atoms with Gasteiger partial charge in [-0.05, 0) is 36.0 Å². The first-order chi connectivity index (χ1) is 8.46. The van der Waals surface area contributed by atoms with Crippen molar-refractivity contribution in [3.05, 3.63) is 28.7 Å². The molecule has 0 radical (unpaired) electrons. The second-order valence-electron chi connectivity index (χ2n) is 4.49. The summed E-state index contributed by atoms with van der Waals surface area (Å²) in [6, 6.07) is 7.74. The maximum Gasteiger partial charge on any atom is 0.310 e. The van der Waals surface area contributed by atoms with E-state index < -0.39 is 9.84 Å². The van der Waals surface area contributed by atoms with E-state index >= 15 is 0 Å². The number of rotatable bonds is 1. The Kier molecular flexibility index (Phi) is 2.95. The molecule has 2 heterocycles. The van der Waals surface area contributed by atoms with E-state index in [-0.39, 0.29) is 22.8 Å². The summed E-state index contributed by atoms with van der Waals surface area (Å²) in [5.74, 6) is 0.428. The van der Waals surface area contributed by atoms with Gasteiger partial charge in [-0.25, -0.2) is 13.0 Å². The smallest absolute Gasteiger partial charge is 0.281 e. The lowest BCUT2D eigenvalue weighted by Gasteiger charge is -2.10. The van der Waals surface area contributed by atoms with Crippen LogP contribution in [0.5, 0.6) is 0 Å². The molecule has 0 aliphatic carbocycles. The molecule has 1 fully saturated rings. The zero-order valence-electron chi connectivity index (χ0n) is 9.41. The molecule has 0 aromatic heterocycles. The van der Waals surface area contributed by atoms with Gasteiger partial charge in [0, 0.05) is 4.47 Å². The number of thioether (sulfide) groups is 1. The minimum Gasteiger partial charge on any atom is -0.281 e. The van der Waals surface area contributed by atoms with E-state index in [0.717, 1.165) is 10.2 Å². The number of sulfone groups is 1. The highest BCUT2D eigenvalue weighted by atomic mass is 79.9. The molecule has 0 unspecified atom stereocenters. The molecule has 7 heteroatoms. The average Bonchev–Trinajstić information content (AvgIpc) is 2.70. The van der Waals surface area contributed by atoms with Gasteiger partial charge in [0.2, 0.25) is 0 Å². The molecule has 1 saturated heterocycles. The number of nitrogens with zero attached hydrogens (tertiary/aromatic N) is 1. The first-order valence-electron chi connectivity index (χ1n) is 5.50. The first-order valence-corrected chi connectivity index (χ1v) is 9.00. The van der Waals surface area contributed by atoms with Gasteiger partial charge in [0.1, 0.15) is 11.7 Å². The normalized spacial score (nSPS) is 29.6. The second kappa shape index (κ2) is 4.25. The van der Waals surface area contributed by atoms with E-state index in [2.05, 4.69) is 15.9 Å². The van der Waals surface area contributed by atoms with Crippen molar-refractivity contribution >= 4 is 48.4 Å². The van der Waals surface area contributed by atoms with Crippen molar-refractivity contribution in [2.45, 2.75) is 11.3 Å². The Labute approximate surface area is 118 Å². The van der Waals surface area contributed by atoms with Crippen molar-refractivity contribution in [2.75, 3.05) is 11.5 Å². The molecule has 0 bridgehead atoms. The fourth-order valence-electron chi connectivity index (χ4n) is 2.45. The minimum absolute atomic E-state index is 0.0267. The summed E-state index contributed by atoms with van der Waals surface area (Å²) < 4.78 is 26.3. The van der Waals surface area contributed by atoms with Gasteiger partial charge in [-0.2, -0.15) is 0 Å². The number of hydrogen-bond acceptors (Lipinski definition) is 4. The fraction of sp³-hybridized carbons (Fsp3) is 0.364. The first kappa shape index (κ1) is 12.5. The zero-order chi connectivity index (χ0) is 12.9. The lowest BCUT2D eigenvalue weighted by molar-refractivity contribution is -0.470. The van der Waals surface area contributed by atoms with E-state index in [0.29, 0.717) is 5.17 Å². The van der Waals surface area contributed by atoms with Gasteiger partial charge < -0.3 is 0 Å². The van der Waals surface area contributed by atoms with E-state index in [1.165, 1.54) is 11.8 Å². The Morgan fingerprint density at radius 1 is 1.28 bits per heavy atom. The van der Waals surface area contributed by atoms with Crippen molar-refractivity contribution in [3.63, 3.8) is 0 Å². The lowest BCUT2D eigenvalue weighted by Crippen LogP contribution is -2.29. The topological polar surface area (TPSA) is 63.2 Å². The van der Waals surface area contributed by atoms with Crippen LogP contribution in [-0.2, 0) is 9.84 Å². The van der Waals surface area contributed by atoms with Crippen molar-refractivity contribution in [3.8, 4) is 0 Å². The Morgan fingerprint density at radius 3 is 2.61 bits per heavy atom. The number of halogens is 1. The van der Waals surface area contributed by atoms with Crippen LogP contribution in [-0.4, -0.2) is 41.0 Å². The Bertz CT molecular complexity index is 625. The molecule has 3 rings (SSSR count). The Balaban J connectivity index is 2.01. The summed E-state index contributed by atoms with van der Waals surface area (Å²) in [6.07, 6.45) is 0. The third kappa shape index (κ3) is 2.08. The molecular weight excluding hydrogens is 336 g/mol. The molecule has 1 aromatic rings. The number of hydrogen-bond donors (Lipinski definition) is 1. The standard InChI is InChI=1S/C11H11BrN2O2S2/c12-7-1-3-8(4-2-7)14-9-5-18(15,16)6-10(9)17-11(14)13/h1-4,9-10,13H,5-6H2/p+1/t9-,10+/m0/s1. The van der Waals surface area contributed by atoms with Crippen LogP contribution in [0.4, 0.5) is 5.69 Å². The molecule has 1 aromatic carbocycles. The monoisotopic (exact) mass is 347 g/mol. The van der Waals surface area contributed by atoms with Crippen LogP contribution in [0, 0.1) is 0 Å². The fourth-order valence-corrected chi connectivity index (χ4v) is 6.53. The SMILES string of the molecule is NC1=[N+](c2ccc(Br)cc2)[C@H]2CS(=O)(=O)C[C@H]2S1. The summed E-state index contributed by atoms with van der Waals surface area (Å²) in [7, 11) is -2.92. The number of amidine groups is 1. The van der Waals surface area contributed by atoms with Crippen LogP contribution >= 0.6 is 27.7 Å². The third-order valence-corrected chi connectivity index (χ3v) is 6.90. The predicted octanol–water partition coefficient (Wildman–Crippen LogP) is 1.32. The van der Waals surface area contributed by atoms with E-state index in [1.807, 2.05) is 28.8 Å². The van der Waals surface area contributed by atoms with Gasteiger partial charge in [-0.15, -0.1) is 0 Å². The van der Waals surface area contributed by atoms with Crippen LogP contribution in [0.1, 0.15) is 0 Å². The molecule has 2 aliphatic rings. The highest BCUT2D eigenvalue weighted by Crippen LogP contribution is 2.36. The lowest BCUT2D eigenvalue weighted by atomic mass is 10.2. The van der Waals surface area contributed by atoms with Crippen LogP contribution < -0.4 is 5.73 Å². The summed E-state index contributed by atoms with van der Waals surface area (Å²) in [5.41, 5.74) is 6.98. The third-order valence-electron chi connectivity index (χ3n) is 3.22. The van der Waals surface area contributed by atoms with Gasteiger partial charge in [0.15, 0.2) is 9.84 Å². The van der Waals surface area contributed by atoms with Gasteiger partial charge in [-0.3, -0.25) is 5.73 Å². The van der Waals surface area contributed by atoms with Crippen molar-refractivity contribution in [1.82, 2.24) is 0 Å². The maximum absolute atomic E-state index is 11.7. The van der Waals surface area contributed by atoms with Gasteiger partial charge >= 0.3 is 5.17 Å². The van der Waals surface area contributed by atoms with Crippen molar-refractivity contribution in [1.29, 1.82) is 0 Å². The number of nitrogens with two attached hydrogens (primary N) is 1. The largest absolute Gasteiger partial charge is 0.310 e. The molecular formula is C11H12BrN2O2S2+. The molecule has 0 amide bonds. The molecule has 2 N–H and O–H groups in total. The summed E-state index contributed by atoms with van der Waals surface area (Å²) in [5, 5.41) is 0.765. The molecule has 0 spiro atoms. The van der Waals surface area contributed by atoms with Gasteiger partial charge in [-0.1, -0.05) is 15.9 Å². The molecule has 2 aliphatic heterocycles. The highest BCUT2D eigenvalue weighted by molar-refractivity contribution is 9.10. The summed E-state index contributed by atoms with van der Waals surface area (Å²) in [4.78, 5) is 0. The Morgan fingerprint density at radius 2 is 1.94 bits per heavy atom. The highest BCUT2D eigenvalue weighted by Gasteiger charge is 2.49. The summed E-state index contributed by atoms with van der Waals surface area (Å²) in [6.45, 7) is 0. The molecule has 0 saturated carbocycles. The quantitative estimate of drug-likeness (QED) is 0.778. The molecule has 96 valence electrons. The molecule has 18 heavy (non-hydrogen) atoms. The summed E-state index contributed by atoms with van der Waals surface area (Å²) >= 11 is 4.86. The number of benzene rings is 1. The Hall–Kier alpha value is -0.530. The van der Waals surface area contributed by atoms with Crippen LogP contribution in [0.3, 0.4) is 0 Å². The predicted molar refractivity (Wildman–Crippen MR) is 77.1 cm³/mol. The number of fused-ring (bicyclic) bond motifs is 1. The average molecular weight is 348 g/mol. The van der Waals surface area contributed by atoms with E-state index in [9.17, 15) is 8.42 Å². The van der Waals surface area contributed by atoms with Gasteiger partial charge in [0.05, 0.1) is 16.8 Å². The van der Waals surface area contributed by atoms with Crippen molar-refractivity contribution < 1.29 is 13.0 Å². The maximum atomic E-state index is 11.7. The van der Waals surface area contributed by atoms with Crippen LogP contribution in [0.2, 0.25) is 0 Å². The van der Waals surface area contributed by atoms with Crippen LogP contribution in [0.25, 0.3) is 0 Å². The van der Waals surface area contributed by atoms with E-state index in [4.69, 9.17) is 5.73 Å². The van der Waals surface area contributed by atoms with Gasteiger partial charge in [0.25, 0.3) is 0 Å². The molecule has 2 atom stereocenters. The zero-order valence-corrected chi connectivity index (χ0v) is 12.6. The van der Waals surface area contributed by atoms with E-state index in [1.54, 1.807) is 0 Å². The van der Waals surface area contributed by atoms with Crippen LogP contribution in [0.15, 0.2) is 28.7 Å². The molecule has 4 nitrogen and oxygen atoms in total. The minimum atomic E-state index is -2.92. The van der Waals surface area contributed by atoms with Crippen molar-refractivity contribution in [2.24, 2.45) is 5.73 Å².